The number of carbonyl (C=O) groups excluding carboxylic acids is 1. The van der Waals surface area contributed by atoms with E-state index < -0.39 is 18.0 Å². The molecule has 0 bridgehead atoms. The Morgan fingerprint density at radius 1 is 1.29 bits per heavy atom. The van der Waals surface area contributed by atoms with E-state index >= 15 is 0 Å². The molecule has 0 heterocycles. The molecular weight excluding hydrogens is 224 g/mol. The number of carbonyl (C=O) groups is 2. The lowest BCUT2D eigenvalue weighted by molar-refractivity contribution is -0.139. The topological polar surface area (TPSA) is 98.7 Å². The fraction of sp³-hybridized carbons (Fsp3) is 0.818. The van der Waals surface area contributed by atoms with Gasteiger partial charge in [-0.15, -0.1) is 0 Å². The van der Waals surface area contributed by atoms with Gasteiger partial charge in [0.1, 0.15) is 6.04 Å². The van der Waals surface area contributed by atoms with E-state index in [0.717, 1.165) is 6.42 Å². The molecule has 0 radical (unpaired) electrons. The van der Waals surface area contributed by atoms with E-state index in [1.807, 2.05) is 0 Å². The lowest BCUT2D eigenvalue weighted by Crippen LogP contribution is -2.46. The lowest BCUT2D eigenvalue weighted by Gasteiger charge is -2.19. The highest BCUT2D eigenvalue weighted by Gasteiger charge is 2.19. The summed E-state index contributed by atoms with van der Waals surface area (Å²) >= 11 is 0. The number of hydrogen-bond acceptors (Lipinski definition) is 3. The third-order valence-electron chi connectivity index (χ3n) is 2.18. The predicted octanol–water partition coefficient (Wildman–Crippen LogP) is 0.557. The van der Waals surface area contributed by atoms with Crippen molar-refractivity contribution in [3.63, 3.8) is 0 Å². The van der Waals surface area contributed by atoms with Crippen LogP contribution in [0, 0.1) is 5.41 Å². The molecule has 6 nitrogen and oxygen atoms in total. The number of carboxylic acid groups (broad SMARTS) is 1. The predicted molar refractivity (Wildman–Crippen MR) is 63.7 cm³/mol. The molecular formula is C11H22N2O4. The summed E-state index contributed by atoms with van der Waals surface area (Å²) in [6.07, 6.45) is 0.806. The minimum Gasteiger partial charge on any atom is -0.480 e. The standard InChI is InChI=1S/C11H22N2O4/c1-11(2,3)5-6-12-10(17)13-8(4-7-14)9(15)16/h8,14H,4-7H2,1-3H3,(H,15,16)(H2,12,13,17)/t8-/m0/s1. The van der Waals surface area contributed by atoms with Crippen molar-refractivity contribution in [2.45, 2.75) is 39.7 Å². The number of aliphatic carboxylic acids is 1. The summed E-state index contributed by atoms with van der Waals surface area (Å²) in [6, 6.07) is -1.57. The van der Waals surface area contributed by atoms with Crippen molar-refractivity contribution >= 4 is 12.0 Å². The highest BCUT2D eigenvalue weighted by molar-refractivity contribution is 5.82. The maximum absolute atomic E-state index is 11.4. The first-order valence-corrected chi connectivity index (χ1v) is 5.64. The maximum Gasteiger partial charge on any atom is 0.326 e. The number of carboxylic acids is 1. The zero-order valence-electron chi connectivity index (χ0n) is 10.6. The highest BCUT2D eigenvalue weighted by Crippen LogP contribution is 2.16. The average Bonchev–Trinajstić information content (AvgIpc) is 2.14. The number of hydrogen-bond donors (Lipinski definition) is 4. The van der Waals surface area contributed by atoms with Crippen molar-refractivity contribution in [2.24, 2.45) is 5.41 Å². The third-order valence-corrected chi connectivity index (χ3v) is 2.18. The normalized spacial score (nSPS) is 12.9. The molecule has 2 amide bonds. The second kappa shape index (κ2) is 7.11. The van der Waals surface area contributed by atoms with Crippen LogP contribution in [0.3, 0.4) is 0 Å². The van der Waals surface area contributed by atoms with Crippen molar-refractivity contribution in [3.8, 4) is 0 Å². The number of rotatable bonds is 6. The number of nitrogens with one attached hydrogen (secondary N) is 2. The molecule has 6 heteroatoms. The van der Waals surface area contributed by atoms with Crippen LogP contribution in [0.25, 0.3) is 0 Å². The van der Waals surface area contributed by atoms with Crippen LogP contribution in [-0.2, 0) is 4.79 Å². The summed E-state index contributed by atoms with van der Waals surface area (Å²) in [5.74, 6) is -1.15. The molecule has 0 aliphatic carbocycles. The molecule has 0 aromatic rings. The van der Waals surface area contributed by atoms with Gasteiger partial charge in [0.15, 0.2) is 0 Å². The van der Waals surface area contributed by atoms with E-state index in [1.165, 1.54) is 0 Å². The summed E-state index contributed by atoms with van der Waals surface area (Å²) in [5, 5.41) is 22.3. The molecule has 17 heavy (non-hydrogen) atoms. The zero-order chi connectivity index (χ0) is 13.5. The Balaban J connectivity index is 3.95. The van der Waals surface area contributed by atoms with Gasteiger partial charge >= 0.3 is 12.0 Å². The molecule has 0 rings (SSSR count). The number of amides is 2. The van der Waals surface area contributed by atoms with Crippen LogP contribution >= 0.6 is 0 Å². The molecule has 0 aliphatic rings. The van der Waals surface area contributed by atoms with Gasteiger partial charge in [-0.1, -0.05) is 20.8 Å². The minimum atomic E-state index is -1.15. The number of aliphatic hydroxyl groups excluding tert-OH is 1. The second-order valence-electron chi connectivity index (χ2n) is 5.11. The third kappa shape index (κ3) is 8.50. The Morgan fingerprint density at radius 2 is 1.88 bits per heavy atom. The van der Waals surface area contributed by atoms with Crippen LogP contribution in [0.1, 0.15) is 33.6 Å². The molecule has 0 unspecified atom stereocenters. The average molecular weight is 246 g/mol. The molecule has 0 saturated heterocycles. The van der Waals surface area contributed by atoms with E-state index in [1.54, 1.807) is 0 Å². The Bertz CT molecular complexity index is 261. The van der Waals surface area contributed by atoms with E-state index in [0.29, 0.717) is 6.54 Å². The summed E-state index contributed by atoms with van der Waals surface area (Å²) in [7, 11) is 0. The van der Waals surface area contributed by atoms with Crippen molar-refractivity contribution in [1.82, 2.24) is 10.6 Å². The summed E-state index contributed by atoms with van der Waals surface area (Å²) < 4.78 is 0. The quantitative estimate of drug-likeness (QED) is 0.550. The first kappa shape index (κ1) is 15.7. The van der Waals surface area contributed by atoms with Gasteiger partial charge in [-0.25, -0.2) is 9.59 Å². The molecule has 0 aromatic carbocycles. The number of aliphatic hydroxyl groups is 1. The van der Waals surface area contributed by atoms with Crippen molar-refractivity contribution in [1.29, 1.82) is 0 Å². The van der Waals surface area contributed by atoms with Gasteiger partial charge in [0, 0.05) is 19.6 Å². The molecule has 0 saturated carbocycles. The van der Waals surface area contributed by atoms with Gasteiger partial charge in [-0.2, -0.15) is 0 Å². The fourth-order valence-corrected chi connectivity index (χ4v) is 1.15. The van der Waals surface area contributed by atoms with Gasteiger partial charge < -0.3 is 20.8 Å². The van der Waals surface area contributed by atoms with E-state index in [4.69, 9.17) is 10.2 Å². The molecule has 0 fully saturated rings. The maximum atomic E-state index is 11.4. The molecule has 100 valence electrons. The van der Waals surface area contributed by atoms with Gasteiger partial charge in [-0.3, -0.25) is 0 Å². The smallest absolute Gasteiger partial charge is 0.326 e. The van der Waals surface area contributed by atoms with Crippen LogP contribution in [0.5, 0.6) is 0 Å². The Hall–Kier alpha value is -1.30. The van der Waals surface area contributed by atoms with E-state index in [2.05, 4.69) is 31.4 Å². The monoisotopic (exact) mass is 246 g/mol. The van der Waals surface area contributed by atoms with Crippen LogP contribution in [0.15, 0.2) is 0 Å². The number of urea groups is 1. The summed E-state index contributed by atoms with van der Waals surface area (Å²) in [4.78, 5) is 22.1. The summed E-state index contributed by atoms with van der Waals surface area (Å²) in [6.45, 7) is 6.37. The fourth-order valence-electron chi connectivity index (χ4n) is 1.15. The second-order valence-corrected chi connectivity index (χ2v) is 5.11. The molecule has 0 spiro atoms. The van der Waals surface area contributed by atoms with Crippen molar-refractivity contribution in [2.75, 3.05) is 13.2 Å². The van der Waals surface area contributed by atoms with Crippen molar-refractivity contribution < 1.29 is 19.8 Å². The zero-order valence-corrected chi connectivity index (χ0v) is 10.6. The highest BCUT2D eigenvalue weighted by atomic mass is 16.4. The van der Waals surface area contributed by atoms with Crippen LogP contribution in [0.2, 0.25) is 0 Å². The molecule has 0 aromatic heterocycles. The SMILES string of the molecule is CC(C)(C)CCNC(=O)N[C@@H](CCO)C(=O)O. The van der Waals surface area contributed by atoms with Gasteiger partial charge in [0.05, 0.1) is 0 Å². The minimum absolute atomic E-state index is 0.00201. The van der Waals surface area contributed by atoms with Gasteiger partial charge in [0.25, 0.3) is 0 Å². The largest absolute Gasteiger partial charge is 0.480 e. The van der Waals surface area contributed by atoms with Gasteiger partial charge in [-0.05, 0) is 11.8 Å². The molecule has 1 atom stereocenters. The Labute approximate surface area is 101 Å². The van der Waals surface area contributed by atoms with E-state index in [9.17, 15) is 9.59 Å². The first-order valence-electron chi connectivity index (χ1n) is 5.64. The van der Waals surface area contributed by atoms with Crippen LogP contribution < -0.4 is 10.6 Å². The lowest BCUT2D eigenvalue weighted by atomic mass is 9.92. The van der Waals surface area contributed by atoms with Crippen LogP contribution in [0.4, 0.5) is 4.79 Å². The first-order chi connectivity index (χ1) is 7.76. The molecule has 4 N–H and O–H groups in total. The Kier molecular flexibility index (Phi) is 6.57. The van der Waals surface area contributed by atoms with Gasteiger partial charge in [0.2, 0.25) is 0 Å². The Morgan fingerprint density at radius 3 is 2.29 bits per heavy atom. The van der Waals surface area contributed by atoms with Crippen molar-refractivity contribution in [3.05, 3.63) is 0 Å². The molecule has 0 aliphatic heterocycles. The summed E-state index contributed by atoms with van der Waals surface area (Å²) in [5.41, 5.74) is 0.116. The van der Waals surface area contributed by atoms with Crippen LogP contribution in [-0.4, -0.2) is 41.4 Å². The van der Waals surface area contributed by atoms with E-state index in [-0.39, 0.29) is 18.4 Å².